The van der Waals surface area contributed by atoms with Crippen LogP contribution in [0.25, 0.3) is 28.0 Å². The number of fused-ring (bicyclic) bond motifs is 1. The fourth-order valence-electron chi connectivity index (χ4n) is 3.41. The molecule has 3 aromatic carbocycles. The van der Waals surface area contributed by atoms with E-state index in [1.54, 1.807) is 11.8 Å². The highest BCUT2D eigenvalue weighted by atomic mass is 35.5. The molecule has 2 heterocycles. The largest absolute Gasteiger partial charge is 0.360 e. The summed E-state index contributed by atoms with van der Waals surface area (Å²) in [5.41, 5.74) is 3.95. The quantitative estimate of drug-likeness (QED) is 0.292. The second-order valence-corrected chi connectivity index (χ2v) is 8.47. The van der Waals surface area contributed by atoms with Crippen LogP contribution in [0, 0.1) is 0 Å². The normalized spacial score (nSPS) is 11.3. The van der Waals surface area contributed by atoms with Crippen LogP contribution in [0.4, 0.5) is 0 Å². The summed E-state index contributed by atoms with van der Waals surface area (Å²) in [5.74, 6) is 1.38. The van der Waals surface area contributed by atoms with Gasteiger partial charge >= 0.3 is 0 Å². The number of H-pyrrole nitrogens is 1. The van der Waals surface area contributed by atoms with Gasteiger partial charge in [-0.3, -0.25) is 4.57 Å². The zero-order chi connectivity index (χ0) is 20.5. The number of hydrogen-bond acceptors (Lipinski definition) is 3. The Morgan fingerprint density at radius 1 is 0.833 bits per heavy atom. The molecule has 7 heteroatoms. The van der Waals surface area contributed by atoms with Crippen molar-refractivity contribution in [2.24, 2.45) is 0 Å². The van der Waals surface area contributed by atoms with Crippen molar-refractivity contribution in [3.63, 3.8) is 0 Å². The second kappa shape index (κ2) is 8.19. The Bertz CT molecular complexity index is 1310. The van der Waals surface area contributed by atoms with Crippen LogP contribution < -0.4 is 0 Å². The van der Waals surface area contributed by atoms with Crippen LogP contribution in [-0.2, 0) is 5.75 Å². The molecule has 0 aliphatic carbocycles. The van der Waals surface area contributed by atoms with Crippen molar-refractivity contribution in [3.05, 3.63) is 94.6 Å². The monoisotopic (exact) mass is 450 g/mol. The number of aromatic nitrogens is 4. The number of halogens is 2. The molecule has 5 aromatic rings. The third-order valence-corrected chi connectivity index (χ3v) is 6.55. The smallest absolute Gasteiger partial charge is 0.196 e. The van der Waals surface area contributed by atoms with Gasteiger partial charge in [0.1, 0.15) is 0 Å². The summed E-state index contributed by atoms with van der Waals surface area (Å²) < 4.78 is 2.07. The Morgan fingerprint density at radius 2 is 1.57 bits per heavy atom. The lowest BCUT2D eigenvalue weighted by molar-refractivity contribution is 0.886. The van der Waals surface area contributed by atoms with Gasteiger partial charge in [0, 0.05) is 44.1 Å². The van der Waals surface area contributed by atoms with Crippen molar-refractivity contribution in [3.8, 4) is 17.1 Å². The molecule has 0 amide bonds. The van der Waals surface area contributed by atoms with Crippen LogP contribution in [0.1, 0.15) is 5.56 Å². The van der Waals surface area contributed by atoms with E-state index in [1.165, 1.54) is 0 Å². The Kier molecular flexibility index (Phi) is 5.25. The molecule has 0 saturated carbocycles. The topological polar surface area (TPSA) is 46.5 Å². The summed E-state index contributed by atoms with van der Waals surface area (Å²) in [4.78, 5) is 3.32. The summed E-state index contributed by atoms with van der Waals surface area (Å²) in [6.07, 6.45) is 1.98. The van der Waals surface area contributed by atoms with Crippen LogP contribution in [0.2, 0.25) is 10.0 Å². The maximum atomic E-state index is 6.36. The Morgan fingerprint density at radius 3 is 2.37 bits per heavy atom. The van der Waals surface area contributed by atoms with Gasteiger partial charge in [-0.05, 0) is 35.9 Å². The molecule has 0 aliphatic heterocycles. The van der Waals surface area contributed by atoms with E-state index in [0.29, 0.717) is 15.8 Å². The van der Waals surface area contributed by atoms with E-state index in [2.05, 4.69) is 31.9 Å². The standard InChI is InChI=1S/C23H16Cl2N4S/c24-19-10-6-11-20(25)18(19)14-30-23-28-27-22(29(23)15-7-2-1-3-8-15)17-13-26-21-12-5-4-9-16(17)21/h1-13,26H,14H2. The lowest BCUT2D eigenvalue weighted by Crippen LogP contribution is -1.99. The van der Waals surface area contributed by atoms with Gasteiger partial charge in [-0.1, -0.05) is 77.4 Å². The first-order valence-electron chi connectivity index (χ1n) is 9.35. The highest BCUT2D eigenvalue weighted by Gasteiger charge is 2.19. The summed E-state index contributed by atoms with van der Waals surface area (Å²) in [6.45, 7) is 0. The molecule has 5 rings (SSSR count). The number of aromatic amines is 1. The minimum Gasteiger partial charge on any atom is -0.360 e. The molecular weight excluding hydrogens is 435 g/mol. The van der Waals surface area contributed by atoms with Gasteiger partial charge in [0.15, 0.2) is 11.0 Å². The predicted molar refractivity (Wildman–Crippen MR) is 125 cm³/mol. The Balaban J connectivity index is 1.60. The number of nitrogens with one attached hydrogen (secondary N) is 1. The van der Waals surface area contributed by atoms with Crippen molar-refractivity contribution >= 4 is 45.9 Å². The van der Waals surface area contributed by atoms with Crippen LogP contribution in [0.15, 0.2) is 84.1 Å². The number of rotatable bonds is 5. The minimum absolute atomic E-state index is 0.595. The van der Waals surface area contributed by atoms with Crippen molar-refractivity contribution in [1.29, 1.82) is 0 Å². The number of benzene rings is 3. The van der Waals surface area contributed by atoms with Gasteiger partial charge < -0.3 is 4.98 Å². The molecule has 0 unspecified atom stereocenters. The van der Waals surface area contributed by atoms with Crippen LogP contribution >= 0.6 is 35.0 Å². The highest BCUT2D eigenvalue weighted by molar-refractivity contribution is 7.98. The summed E-state index contributed by atoms with van der Waals surface area (Å²) in [6, 6.07) is 23.8. The maximum absolute atomic E-state index is 6.36. The van der Waals surface area contributed by atoms with E-state index in [-0.39, 0.29) is 0 Å². The van der Waals surface area contributed by atoms with Gasteiger partial charge in [-0.2, -0.15) is 0 Å². The molecule has 0 radical (unpaired) electrons. The van der Waals surface area contributed by atoms with Crippen molar-refractivity contribution in [2.45, 2.75) is 10.9 Å². The molecule has 0 spiro atoms. The molecule has 0 bridgehead atoms. The summed E-state index contributed by atoms with van der Waals surface area (Å²) >= 11 is 14.3. The van der Waals surface area contributed by atoms with E-state index in [1.807, 2.05) is 66.9 Å². The first-order chi connectivity index (χ1) is 14.7. The number of hydrogen-bond donors (Lipinski definition) is 1. The third-order valence-electron chi connectivity index (χ3n) is 4.89. The molecule has 148 valence electrons. The molecule has 0 saturated heterocycles. The van der Waals surface area contributed by atoms with E-state index >= 15 is 0 Å². The number of para-hydroxylation sites is 2. The van der Waals surface area contributed by atoms with E-state index in [0.717, 1.165) is 38.7 Å². The van der Waals surface area contributed by atoms with Gasteiger partial charge in [-0.15, -0.1) is 10.2 Å². The van der Waals surface area contributed by atoms with Gasteiger partial charge in [-0.25, -0.2) is 0 Å². The predicted octanol–water partition coefficient (Wildman–Crippen LogP) is 7.01. The Hall–Kier alpha value is -2.73. The number of thioether (sulfide) groups is 1. The van der Waals surface area contributed by atoms with Crippen molar-refractivity contribution < 1.29 is 0 Å². The zero-order valence-electron chi connectivity index (χ0n) is 15.7. The molecule has 1 N–H and O–H groups in total. The highest BCUT2D eigenvalue weighted by Crippen LogP contribution is 2.35. The molecule has 0 aliphatic rings. The fourth-order valence-corrected chi connectivity index (χ4v) is 5.10. The van der Waals surface area contributed by atoms with Crippen LogP contribution in [-0.4, -0.2) is 19.7 Å². The van der Waals surface area contributed by atoms with Crippen LogP contribution in [0.5, 0.6) is 0 Å². The summed E-state index contributed by atoms with van der Waals surface area (Å²) in [5, 5.41) is 12.2. The average Bonchev–Trinajstić information content (AvgIpc) is 3.38. The minimum atomic E-state index is 0.595. The maximum Gasteiger partial charge on any atom is 0.196 e. The molecule has 2 aromatic heterocycles. The van der Waals surface area contributed by atoms with Crippen molar-refractivity contribution in [2.75, 3.05) is 0 Å². The molecular formula is C23H16Cl2N4S. The van der Waals surface area contributed by atoms with E-state index < -0.39 is 0 Å². The first-order valence-corrected chi connectivity index (χ1v) is 11.1. The zero-order valence-corrected chi connectivity index (χ0v) is 18.0. The molecule has 30 heavy (non-hydrogen) atoms. The third kappa shape index (κ3) is 3.49. The van der Waals surface area contributed by atoms with Crippen molar-refractivity contribution in [1.82, 2.24) is 19.7 Å². The lowest BCUT2D eigenvalue weighted by atomic mass is 10.1. The summed E-state index contributed by atoms with van der Waals surface area (Å²) in [7, 11) is 0. The van der Waals surface area contributed by atoms with Gasteiger partial charge in [0.25, 0.3) is 0 Å². The van der Waals surface area contributed by atoms with E-state index in [9.17, 15) is 0 Å². The van der Waals surface area contributed by atoms with Gasteiger partial charge in [0.05, 0.1) is 0 Å². The lowest BCUT2D eigenvalue weighted by Gasteiger charge is -2.11. The second-order valence-electron chi connectivity index (χ2n) is 6.71. The van der Waals surface area contributed by atoms with Crippen LogP contribution in [0.3, 0.4) is 0 Å². The number of nitrogens with zero attached hydrogens (tertiary/aromatic N) is 3. The molecule has 4 nitrogen and oxygen atoms in total. The fraction of sp³-hybridized carbons (Fsp3) is 0.0435. The SMILES string of the molecule is Clc1cccc(Cl)c1CSc1nnc(-c2c[nH]c3ccccc23)n1-c1ccccc1. The van der Waals surface area contributed by atoms with E-state index in [4.69, 9.17) is 23.2 Å². The molecule has 0 fully saturated rings. The molecule has 0 atom stereocenters. The first kappa shape index (κ1) is 19.2. The average molecular weight is 451 g/mol. The van der Waals surface area contributed by atoms with Gasteiger partial charge in [0.2, 0.25) is 0 Å². The Labute approximate surface area is 187 Å².